The van der Waals surface area contributed by atoms with Gasteiger partial charge in [-0.25, -0.2) is 4.98 Å². The second-order valence-corrected chi connectivity index (χ2v) is 7.18. The number of hydrogen-bond donors (Lipinski definition) is 0. The minimum atomic E-state index is 0.0743. The van der Waals surface area contributed by atoms with Crippen LogP contribution in [0.5, 0.6) is 0 Å². The van der Waals surface area contributed by atoms with Crippen LogP contribution in [-0.4, -0.2) is 23.2 Å². The first kappa shape index (κ1) is 13.8. The highest BCUT2D eigenvalue weighted by molar-refractivity contribution is 7.99. The molecule has 0 saturated carbocycles. The van der Waals surface area contributed by atoms with Gasteiger partial charge in [0.2, 0.25) is 0 Å². The summed E-state index contributed by atoms with van der Waals surface area (Å²) in [4.78, 5) is 20.4. The number of fused-ring (bicyclic) bond motifs is 2. The lowest BCUT2D eigenvalue weighted by atomic mass is 10.1. The Morgan fingerprint density at radius 1 is 1.18 bits per heavy atom. The number of carbonyl (C=O) groups excluding carboxylic acids is 1. The quantitative estimate of drug-likeness (QED) is 0.663. The average Bonchev–Trinajstić information content (AvgIpc) is 2.92. The molecule has 0 unspecified atom stereocenters. The lowest BCUT2D eigenvalue weighted by molar-refractivity contribution is 0.0987. The highest BCUT2D eigenvalue weighted by Gasteiger charge is 2.22. The van der Waals surface area contributed by atoms with Crippen molar-refractivity contribution in [3.05, 3.63) is 53.5 Å². The van der Waals surface area contributed by atoms with Crippen LogP contribution in [0.3, 0.4) is 0 Å². The third-order valence-electron chi connectivity index (χ3n) is 3.76. The Morgan fingerprint density at radius 2 is 2.09 bits per heavy atom. The maximum atomic E-state index is 13.0. The van der Waals surface area contributed by atoms with Gasteiger partial charge in [-0.15, -0.1) is 23.1 Å². The van der Waals surface area contributed by atoms with Crippen LogP contribution in [-0.2, 0) is 0 Å². The summed E-state index contributed by atoms with van der Waals surface area (Å²) >= 11 is 3.40. The van der Waals surface area contributed by atoms with Crippen molar-refractivity contribution in [3.63, 3.8) is 0 Å². The summed E-state index contributed by atoms with van der Waals surface area (Å²) < 4.78 is 1.06. The van der Waals surface area contributed by atoms with Crippen molar-refractivity contribution < 1.29 is 4.79 Å². The van der Waals surface area contributed by atoms with E-state index in [1.165, 1.54) is 4.90 Å². The summed E-state index contributed by atoms with van der Waals surface area (Å²) in [5.74, 6) is 1.12. The Balaban J connectivity index is 1.75. The fourth-order valence-corrected chi connectivity index (χ4v) is 4.39. The molecule has 3 aromatic rings. The van der Waals surface area contributed by atoms with Crippen LogP contribution >= 0.6 is 23.1 Å². The van der Waals surface area contributed by atoms with Crippen molar-refractivity contribution in [1.82, 2.24) is 4.98 Å². The number of amides is 1. The summed E-state index contributed by atoms with van der Waals surface area (Å²) in [5.41, 5.74) is 4.53. The molecule has 0 N–H and O–H groups in total. The van der Waals surface area contributed by atoms with E-state index < -0.39 is 0 Å². The van der Waals surface area contributed by atoms with Crippen LogP contribution < -0.4 is 4.90 Å². The van der Waals surface area contributed by atoms with Gasteiger partial charge in [-0.1, -0.05) is 12.1 Å². The van der Waals surface area contributed by atoms with Gasteiger partial charge in [0.1, 0.15) is 0 Å². The number of nitrogens with zero attached hydrogens (tertiary/aromatic N) is 2. The Kier molecular flexibility index (Phi) is 3.60. The first-order chi connectivity index (χ1) is 10.8. The van der Waals surface area contributed by atoms with E-state index in [0.29, 0.717) is 0 Å². The van der Waals surface area contributed by atoms with Crippen LogP contribution in [0.15, 0.2) is 52.9 Å². The van der Waals surface area contributed by atoms with Crippen molar-refractivity contribution in [2.75, 3.05) is 17.2 Å². The molecule has 0 bridgehead atoms. The van der Waals surface area contributed by atoms with Crippen LogP contribution in [0.4, 0.5) is 5.69 Å². The fourth-order valence-electron chi connectivity index (χ4n) is 2.68. The number of thiazole rings is 1. The van der Waals surface area contributed by atoms with Gasteiger partial charge in [0, 0.05) is 17.0 Å². The molecule has 0 radical (unpaired) electrons. The van der Waals surface area contributed by atoms with Gasteiger partial charge in [0.05, 0.1) is 21.4 Å². The standard InChI is InChI=1S/C17H14N2OS2/c20-17(12-6-7-13-16(10-12)22-11-18-13)19-8-3-9-21-15-5-2-1-4-14(15)19/h1-2,4-7,10-11H,3,8-9H2. The molecule has 1 aliphatic rings. The number of para-hydroxylation sites is 1. The van der Waals surface area contributed by atoms with E-state index in [-0.39, 0.29) is 5.91 Å². The summed E-state index contributed by atoms with van der Waals surface area (Å²) in [5, 5.41) is 0. The van der Waals surface area contributed by atoms with Gasteiger partial charge >= 0.3 is 0 Å². The van der Waals surface area contributed by atoms with Crippen LogP contribution in [0.2, 0.25) is 0 Å². The monoisotopic (exact) mass is 326 g/mol. The molecule has 0 aliphatic carbocycles. The molecule has 110 valence electrons. The molecule has 1 aliphatic heterocycles. The molecule has 0 fully saturated rings. The summed E-state index contributed by atoms with van der Waals surface area (Å²) in [7, 11) is 0. The minimum Gasteiger partial charge on any atom is -0.307 e. The third-order valence-corrected chi connectivity index (χ3v) is 5.70. The highest BCUT2D eigenvalue weighted by Crippen LogP contribution is 2.34. The van der Waals surface area contributed by atoms with E-state index >= 15 is 0 Å². The molecule has 3 nitrogen and oxygen atoms in total. The number of benzene rings is 2. The number of thioether (sulfide) groups is 1. The van der Waals surface area contributed by atoms with E-state index in [4.69, 9.17) is 0 Å². The van der Waals surface area contributed by atoms with E-state index in [0.717, 1.165) is 40.2 Å². The number of aromatic nitrogens is 1. The molecule has 1 amide bonds. The minimum absolute atomic E-state index is 0.0743. The molecule has 0 saturated heterocycles. The summed E-state index contributed by atoms with van der Waals surface area (Å²) in [6.07, 6.45) is 1.01. The fraction of sp³-hybridized carbons (Fsp3) is 0.176. The average molecular weight is 326 g/mol. The number of hydrogen-bond acceptors (Lipinski definition) is 4. The lowest BCUT2D eigenvalue weighted by Crippen LogP contribution is -2.31. The number of anilines is 1. The molecule has 2 aromatic carbocycles. The largest absolute Gasteiger partial charge is 0.307 e. The molecule has 0 atom stereocenters. The number of carbonyl (C=O) groups is 1. The maximum Gasteiger partial charge on any atom is 0.258 e. The molecule has 22 heavy (non-hydrogen) atoms. The molecule has 2 heterocycles. The van der Waals surface area contributed by atoms with Crippen LogP contribution in [0.1, 0.15) is 16.8 Å². The van der Waals surface area contributed by atoms with Crippen molar-refractivity contribution in [2.24, 2.45) is 0 Å². The summed E-state index contributed by atoms with van der Waals surface area (Å²) in [6, 6.07) is 13.9. The predicted molar refractivity (Wildman–Crippen MR) is 93.1 cm³/mol. The first-order valence-electron chi connectivity index (χ1n) is 7.20. The first-order valence-corrected chi connectivity index (χ1v) is 9.06. The van der Waals surface area contributed by atoms with Crippen molar-refractivity contribution >= 4 is 44.9 Å². The van der Waals surface area contributed by atoms with Crippen LogP contribution in [0, 0.1) is 0 Å². The second-order valence-electron chi connectivity index (χ2n) is 5.16. The zero-order valence-electron chi connectivity index (χ0n) is 11.9. The molecular weight excluding hydrogens is 312 g/mol. The van der Waals surface area contributed by atoms with E-state index in [9.17, 15) is 4.79 Å². The van der Waals surface area contributed by atoms with Crippen LogP contribution in [0.25, 0.3) is 10.2 Å². The van der Waals surface area contributed by atoms with Gasteiger partial charge in [-0.3, -0.25) is 4.79 Å². The van der Waals surface area contributed by atoms with Crippen molar-refractivity contribution in [3.8, 4) is 0 Å². The van der Waals surface area contributed by atoms with E-state index in [1.54, 1.807) is 11.3 Å². The number of rotatable bonds is 1. The Morgan fingerprint density at radius 3 is 3.05 bits per heavy atom. The zero-order valence-corrected chi connectivity index (χ0v) is 13.5. The normalized spacial score (nSPS) is 14.6. The molecule has 1 aromatic heterocycles. The molecule has 0 spiro atoms. The molecule has 5 heteroatoms. The molecular formula is C17H14N2OS2. The topological polar surface area (TPSA) is 33.2 Å². The second kappa shape index (κ2) is 5.74. The smallest absolute Gasteiger partial charge is 0.258 e. The third kappa shape index (κ3) is 2.40. The predicted octanol–water partition coefficient (Wildman–Crippen LogP) is 4.44. The van der Waals surface area contributed by atoms with Gasteiger partial charge in [0.15, 0.2) is 0 Å². The molecule has 4 rings (SSSR count). The maximum absolute atomic E-state index is 13.0. The Hall–Kier alpha value is -1.85. The lowest BCUT2D eigenvalue weighted by Gasteiger charge is -2.22. The van der Waals surface area contributed by atoms with Gasteiger partial charge < -0.3 is 4.90 Å². The Labute approximate surface area is 137 Å². The zero-order chi connectivity index (χ0) is 14.9. The van der Waals surface area contributed by atoms with Gasteiger partial charge in [-0.05, 0) is 42.5 Å². The van der Waals surface area contributed by atoms with Gasteiger partial charge in [-0.2, -0.15) is 0 Å². The van der Waals surface area contributed by atoms with Crippen molar-refractivity contribution in [1.29, 1.82) is 0 Å². The van der Waals surface area contributed by atoms with Crippen molar-refractivity contribution in [2.45, 2.75) is 11.3 Å². The van der Waals surface area contributed by atoms with E-state index in [2.05, 4.69) is 11.1 Å². The van der Waals surface area contributed by atoms with E-state index in [1.807, 2.05) is 58.6 Å². The SMILES string of the molecule is O=C(c1ccc2ncsc2c1)N1CCCSc2ccccc21. The Bertz CT molecular complexity index is 843. The highest BCUT2D eigenvalue weighted by atomic mass is 32.2. The summed E-state index contributed by atoms with van der Waals surface area (Å²) in [6.45, 7) is 0.767. The van der Waals surface area contributed by atoms with Gasteiger partial charge in [0.25, 0.3) is 5.91 Å².